The second-order valence-electron chi connectivity index (χ2n) is 4.77. The van der Waals surface area contributed by atoms with Crippen LogP contribution in [0, 0.1) is 10.1 Å². The molecule has 5 heteroatoms. The Morgan fingerprint density at radius 1 is 1.27 bits per heavy atom. The van der Waals surface area contributed by atoms with Crippen molar-refractivity contribution in [1.82, 2.24) is 0 Å². The Morgan fingerprint density at radius 3 is 2.59 bits per heavy atom. The summed E-state index contributed by atoms with van der Waals surface area (Å²) in [5, 5.41) is 11.3. The maximum Gasteiger partial charge on any atom is 0.292 e. The fourth-order valence-electron chi connectivity index (χ4n) is 2.25. The van der Waals surface area contributed by atoms with Crippen LogP contribution in [0.25, 0.3) is 0 Å². The van der Waals surface area contributed by atoms with E-state index in [1.165, 1.54) is 6.07 Å². The van der Waals surface area contributed by atoms with Gasteiger partial charge in [0.2, 0.25) is 0 Å². The van der Waals surface area contributed by atoms with Gasteiger partial charge in [-0.15, -0.1) is 6.58 Å². The Balaban J connectivity index is 2.42. The van der Waals surface area contributed by atoms with Gasteiger partial charge >= 0.3 is 0 Å². The highest BCUT2D eigenvalue weighted by molar-refractivity contribution is 5.66. The van der Waals surface area contributed by atoms with Crippen molar-refractivity contribution < 1.29 is 9.66 Å². The third-order valence-electron chi connectivity index (χ3n) is 3.29. The molecule has 0 aliphatic carbocycles. The quantitative estimate of drug-likeness (QED) is 0.443. The highest BCUT2D eigenvalue weighted by atomic mass is 16.6. The van der Waals surface area contributed by atoms with Crippen molar-refractivity contribution in [3.63, 3.8) is 0 Å². The minimum atomic E-state index is -0.379. The molecule has 0 atom stereocenters. The second kappa shape index (κ2) is 7.26. The lowest BCUT2D eigenvalue weighted by molar-refractivity contribution is -0.384. The van der Waals surface area contributed by atoms with Crippen LogP contribution in [-0.4, -0.2) is 18.6 Å². The van der Waals surface area contributed by atoms with E-state index in [2.05, 4.69) is 6.58 Å². The van der Waals surface area contributed by atoms with Gasteiger partial charge in [0.05, 0.1) is 12.0 Å². The Hall–Kier alpha value is -2.82. The number of hydrogen-bond donors (Lipinski definition) is 0. The largest absolute Gasteiger partial charge is 0.497 e. The van der Waals surface area contributed by atoms with Crippen LogP contribution >= 0.6 is 0 Å². The summed E-state index contributed by atoms with van der Waals surface area (Å²) in [6.07, 6.45) is 1.73. The number of nitrogens with zero attached hydrogens (tertiary/aromatic N) is 2. The van der Waals surface area contributed by atoms with Crippen LogP contribution in [-0.2, 0) is 6.54 Å². The first-order valence-corrected chi connectivity index (χ1v) is 6.88. The molecular weight excluding hydrogens is 280 g/mol. The lowest BCUT2D eigenvalue weighted by Crippen LogP contribution is -2.23. The molecule has 0 aliphatic rings. The average molecular weight is 298 g/mol. The molecule has 0 bridgehead atoms. The fraction of sp³-hybridized carbons (Fsp3) is 0.176. The van der Waals surface area contributed by atoms with Gasteiger partial charge in [0.15, 0.2) is 0 Å². The maximum absolute atomic E-state index is 11.3. The summed E-state index contributed by atoms with van der Waals surface area (Å²) >= 11 is 0. The second-order valence-corrected chi connectivity index (χ2v) is 4.77. The van der Waals surface area contributed by atoms with Gasteiger partial charge < -0.3 is 9.64 Å². The van der Waals surface area contributed by atoms with Gasteiger partial charge in [-0.1, -0.05) is 36.4 Å². The van der Waals surface area contributed by atoms with Gasteiger partial charge in [-0.2, -0.15) is 0 Å². The van der Waals surface area contributed by atoms with E-state index in [-0.39, 0.29) is 10.6 Å². The van der Waals surface area contributed by atoms with Crippen LogP contribution in [0.1, 0.15) is 5.56 Å². The van der Waals surface area contributed by atoms with E-state index in [4.69, 9.17) is 4.74 Å². The summed E-state index contributed by atoms with van der Waals surface area (Å²) in [5.74, 6) is 0.586. The van der Waals surface area contributed by atoms with E-state index in [9.17, 15) is 10.1 Å². The topological polar surface area (TPSA) is 55.6 Å². The summed E-state index contributed by atoms with van der Waals surface area (Å²) in [7, 11) is 1.54. The lowest BCUT2D eigenvalue weighted by Gasteiger charge is -2.23. The highest BCUT2D eigenvalue weighted by Gasteiger charge is 2.20. The summed E-state index contributed by atoms with van der Waals surface area (Å²) in [4.78, 5) is 12.8. The van der Waals surface area contributed by atoms with Crippen molar-refractivity contribution in [3.8, 4) is 5.75 Å². The Morgan fingerprint density at radius 2 is 2.00 bits per heavy atom. The molecule has 0 unspecified atom stereocenters. The smallest absolute Gasteiger partial charge is 0.292 e. The number of hydrogen-bond acceptors (Lipinski definition) is 4. The first-order valence-electron chi connectivity index (χ1n) is 6.88. The van der Waals surface area contributed by atoms with Crippen molar-refractivity contribution in [2.24, 2.45) is 0 Å². The molecule has 0 heterocycles. The fourth-order valence-corrected chi connectivity index (χ4v) is 2.25. The van der Waals surface area contributed by atoms with Gasteiger partial charge in [0.25, 0.3) is 5.69 Å². The molecule has 22 heavy (non-hydrogen) atoms. The van der Waals surface area contributed by atoms with Crippen molar-refractivity contribution in [1.29, 1.82) is 0 Å². The zero-order valence-corrected chi connectivity index (χ0v) is 12.4. The zero-order chi connectivity index (χ0) is 15.9. The van der Waals surface area contributed by atoms with Crippen LogP contribution < -0.4 is 9.64 Å². The SMILES string of the molecule is C=CCN(Cc1ccccc1)c1cc(OC)ccc1[N+](=O)[O-]. The first kappa shape index (κ1) is 15.6. The molecule has 0 fully saturated rings. The number of nitro benzene ring substituents is 1. The summed E-state index contributed by atoms with van der Waals surface area (Å²) < 4.78 is 5.19. The Kier molecular flexibility index (Phi) is 5.14. The molecule has 0 saturated heterocycles. The number of ether oxygens (including phenoxy) is 1. The molecule has 2 rings (SSSR count). The van der Waals surface area contributed by atoms with Crippen molar-refractivity contribution >= 4 is 11.4 Å². The van der Waals surface area contributed by atoms with Gasteiger partial charge in [-0.05, 0) is 11.6 Å². The average Bonchev–Trinajstić information content (AvgIpc) is 2.54. The van der Waals surface area contributed by atoms with E-state index in [1.54, 1.807) is 25.3 Å². The molecule has 0 saturated carbocycles. The number of nitro groups is 1. The predicted molar refractivity (Wildman–Crippen MR) is 87.3 cm³/mol. The third kappa shape index (κ3) is 3.63. The maximum atomic E-state index is 11.3. The summed E-state index contributed by atoms with van der Waals surface area (Å²) in [5.41, 5.74) is 1.65. The van der Waals surface area contributed by atoms with E-state index in [0.717, 1.165) is 5.56 Å². The van der Waals surface area contributed by atoms with Gasteiger partial charge in [-0.3, -0.25) is 10.1 Å². The van der Waals surface area contributed by atoms with Gasteiger partial charge in [0, 0.05) is 25.2 Å². The molecule has 0 aliphatic heterocycles. The minimum absolute atomic E-state index is 0.0542. The summed E-state index contributed by atoms with van der Waals surface area (Å²) in [6, 6.07) is 14.6. The molecule has 114 valence electrons. The molecule has 0 amide bonds. The normalized spacial score (nSPS) is 10.0. The highest BCUT2D eigenvalue weighted by Crippen LogP contribution is 2.33. The Labute approximate surface area is 129 Å². The predicted octanol–water partition coefficient (Wildman–Crippen LogP) is 3.80. The van der Waals surface area contributed by atoms with Gasteiger partial charge in [0.1, 0.15) is 11.4 Å². The molecule has 5 nitrogen and oxygen atoms in total. The number of benzene rings is 2. The Bertz CT molecular complexity index is 656. The molecular formula is C17H18N2O3. The van der Waals surface area contributed by atoms with Crippen LogP contribution in [0.3, 0.4) is 0 Å². The van der Waals surface area contributed by atoms with Crippen molar-refractivity contribution in [2.75, 3.05) is 18.6 Å². The lowest BCUT2D eigenvalue weighted by atomic mass is 10.1. The molecule has 2 aromatic carbocycles. The van der Waals surface area contributed by atoms with Crippen LogP contribution in [0.2, 0.25) is 0 Å². The molecule has 0 spiro atoms. The van der Waals surface area contributed by atoms with Crippen LogP contribution in [0.5, 0.6) is 5.75 Å². The molecule has 0 radical (unpaired) electrons. The standard InChI is InChI=1S/C17H18N2O3/c1-3-11-18(13-14-7-5-4-6-8-14)17-12-15(22-2)9-10-16(17)19(20)21/h3-10,12H,1,11,13H2,2H3. The van der Waals surface area contributed by atoms with E-state index < -0.39 is 0 Å². The minimum Gasteiger partial charge on any atom is -0.497 e. The molecule has 2 aromatic rings. The first-order chi connectivity index (χ1) is 10.7. The number of anilines is 1. The van der Waals surface area contributed by atoms with E-state index in [0.29, 0.717) is 24.5 Å². The molecule has 0 aromatic heterocycles. The van der Waals surface area contributed by atoms with E-state index in [1.807, 2.05) is 35.2 Å². The van der Waals surface area contributed by atoms with E-state index >= 15 is 0 Å². The summed E-state index contributed by atoms with van der Waals surface area (Å²) in [6.45, 7) is 4.80. The monoisotopic (exact) mass is 298 g/mol. The number of rotatable bonds is 7. The van der Waals surface area contributed by atoms with Crippen LogP contribution in [0.4, 0.5) is 11.4 Å². The zero-order valence-electron chi connectivity index (χ0n) is 12.4. The number of methoxy groups -OCH3 is 1. The third-order valence-corrected chi connectivity index (χ3v) is 3.29. The van der Waals surface area contributed by atoms with Gasteiger partial charge in [-0.25, -0.2) is 0 Å². The van der Waals surface area contributed by atoms with Crippen LogP contribution in [0.15, 0.2) is 61.2 Å². The molecule has 0 N–H and O–H groups in total. The van der Waals surface area contributed by atoms with Crippen molar-refractivity contribution in [3.05, 3.63) is 76.9 Å². The van der Waals surface area contributed by atoms with Crippen molar-refractivity contribution in [2.45, 2.75) is 6.54 Å².